The van der Waals surface area contributed by atoms with Crippen molar-refractivity contribution in [3.8, 4) is 6.07 Å². The zero-order chi connectivity index (χ0) is 10.4. The number of hydrogen-bond donors (Lipinski definition) is 0. The van der Waals surface area contributed by atoms with E-state index < -0.39 is 0 Å². The van der Waals surface area contributed by atoms with Crippen LogP contribution < -0.4 is 0 Å². The second-order valence-corrected chi connectivity index (χ2v) is 3.39. The standard InChI is InChI=1S/C10H16N4/c1-3-4-5-8-14-9(2)10(6-7-11)12-13-14/h3-6,8H2,1-2H3. The molecule has 0 bridgehead atoms. The fraction of sp³-hybridized carbons (Fsp3) is 0.700. The second kappa shape index (κ2) is 5.38. The highest BCUT2D eigenvalue weighted by Gasteiger charge is 2.06. The summed E-state index contributed by atoms with van der Waals surface area (Å²) in [5.74, 6) is 0. The van der Waals surface area contributed by atoms with Crippen LogP contribution in [-0.2, 0) is 13.0 Å². The quantitative estimate of drug-likeness (QED) is 0.669. The van der Waals surface area contributed by atoms with Crippen LogP contribution in [-0.4, -0.2) is 15.0 Å². The van der Waals surface area contributed by atoms with Crippen LogP contribution >= 0.6 is 0 Å². The van der Waals surface area contributed by atoms with Crippen LogP contribution in [0.25, 0.3) is 0 Å². The number of nitriles is 1. The number of aromatic nitrogens is 3. The number of rotatable bonds is 5. The van der Waals surface area contributed by atoms with Gasteiger partial charge in [0.05, 0.1) is 23.9 Å². The first-order valence-corrected chi connectivity index (χ1v) is 5.05. The van der Waals surface area contributed by atoms with Gasteiger partial charge in [-0.1, -0.05) is 25.0 Å². The van der Waals surface area contributed by atoms with Gasteiger partial charge in [0.2, 0.25) is 0 Å². The lowest BCUT2D eigenvalue weighted by Crippen LogP contribution is -2.02. The van der Waals surface area contributed by atoms with E-state index in [0.29, 0.717) is 6.42 Å². The highest BCUT2D eigenvalue weighted by atomic mass is 15.4. The molecule has 4 heteroatoms. The van der Waals surface area contributed by atoms with Crippen LogP contribution in [0.3, 0.4) is 0 Å². The van der Waals surface area contributed by atoms with E-state index >= 15 is 0 Å². The van der Waals surface area contributed by atoms with E-state index in [1.165, 1.54) is 12.8 Å². The van der Waals surface area contributed by atoms with Gasteiger partial charge in [0.25, 0.3) is 0 Å². The Morgan fingerprint density at radius 3 is 2.86 bits per heavy atom. The summed E-state index contributed by atoms with van der Waals surface area (Å²) in [7, 11) is 0. The molecule has 14 heavy (non-hydrogen) atoms. The molecule has 0 unspecified atom stereocenters. The minimum absolute atomic E-state index is 0.361. The van der Waals surface area contributed by atoms with Crippen LogP contribution in [0.4, 0.5) is 0 Å². The van der Waals surface area contributed by atoms with Crippen LogP contribution in [0.5, 0.6) is 0 Å². The first kappa shape index (κ1) is 10.7. The van der Waals surface area contributed by atoms with Crippen molar-refractivity contribution in [2.75, 3.05) is 0 Å². The molecule has 0 atom stereocenters. The maximum absolute atomic E-state index is 8.54. The first-order valence-electron chi connectivity index (χ1n) is 5.05. The van der Waals surface area contributed by atoms with Gasteiger partial charge >= 0.3 is 0 Å². The van der Waals surface area contributed by atoms with Gasteiger partial charge in [-0.2, -0.15) is 5.26 Å². The van der Waals surface area contributed by atoms with E-state index in [1.807, 2.05) is 11.6 Å². The molecule has 1 aromatic rings. The summed E-state index contributed by atoms with van der Waals surface area (Å²) >= 11 is 0. The third-order valence-electron chi connectivity index (χ3n) is 2.30. The average Bonchev–Trinajstić information content (AvgIpc) is 2.51. The van der Waals surface area contributed by atoms with Crippen molar-refractivity contribution in [3.05, 3.63) is 11.4 Å². The molecule has 76 valence electrons. The van der Waals surface area contributed by atoms with Crippen LogP contribution in [0, 0.1) is 18.3 Å². The summed E-state index contributed by atoms with van der Waals surface area (Å²) in [4.78, 5) is 0. The molecular formula is C10H16N4. The van der Waals surface area contributed by atoms with Gasteiger partial charge in [-0.05, 0) is 13.3 Å². The summed E-state index contributed by atoms with van der Waals surface area (Å²) in [6, 6.07) is 2.09. The highest BCUT2D eigenvalue weighted by Crippen LogP contribution is 2.06. The lowest BCUT2D eigenvalue weighted by Gasteiger charge is -2.01. The van der Waals surface area contributed by atoms with E-state index in [0.717, 1.165) is 24.4 Å². The van der Waals surface area contributed by atoms with Gasteiger partial charge in [-0.3, -0.25) is 0 Å². The molecule has 0 saturated carbocycles. The molecule has 4 nitrogen and oxygen atoms in total. The molecule has 0 aliphatic rings. The van der Waals surface area contributed by atoms with Gasteiger partial charge in [-0.15, -0.1) is 5.10 Å². The predicted molar refractivity (Wildman–Crippen MR) is 53.6 cm³/mol. The maximum atomic E-state index is 8.54. The minimum Gasteiger partial charge on any atom is -0.249 e. The lowest BCUT2D eigenvalue weighted by atomic mass is 10.2. The van der Waals surface area contributed by atoms with E-state index in [4.69, 9.17) is 5.26 Å². The van der Waals surface area contributed by atoms with E-state index in [1.54, 1.807) is 0 Å². The van der Waals surface area contributed by atoms with Crippen molar-refractivity contribution in [2.45, 2.75) is 46.1 Å². The Balaban J connectivity index is 2.56. The number of unbranched alkanes of at least 4 members (excludes halogenated alkanes) is 2. The molecule has 1 rings (SSSR count). The second-order valence-electron chi connectivity index (χ2n) is 3.39. The van der Waals surface area contributed by atoms with Crippen molar-refractivity contribution in [2.24, 2.45) is 0 Å². The van der Waals surface area contributed by atoms with Crippen molar-refractivity contribution in [1.29, 1.82) is 5.26 Å². The van der Waals surface area contributed by atoms with Gasteiger partial charge in [-0.25, -0.2) is 4.68 Å². The fourth-order valence-corrected chi connectivity index (χ4v) is 1.36. The normalized spacial score (nSPS) is 10.1. The Kier molecular flexibility index (Phi) is 4.11. The van der Waals surface area contributed by atoms with Crippen molar-refractivity contribution >= 4 is 0 Å². The zero-order valence-electron chi connectivity index (χ0n) is 8.82. The van der Waals surface area contributed by atoms with Crippen LogP contribution in [0.15, 0.2) is 0 Å². The molecule has 0 aromatic carbocycles. The monoisotopic (exact) mass is 192 g/mol. The summed E-state index contributed by atoms with van der Waals surface area (Å²) in [5, 5.41) is 16.5. The van der Waals surface area contributed by atoms with E-state index in [-0.39, 0.29) is 0 Å². The number of aryl methyl sites for hydroxylation is 1. The average molecular weight is 192 g/mol. The van der Waals surface area contributed by atoms with Gasteiger partial charge in [0, 0.05) is 6.54 Å². The maximum Gasteiger partial charge on any atom is 0.0996 e. The summed E-state index contributed by atoms with van der Waals surface area (Å²) in [6.45, 7) is 5.06. The molecule has 0 spiro atoms. The largest absolute Gasteiger partial charge is 0.249 e. The van der Waals surface area contributed by atoms with E-state index in [9.17, 15) is 0 Å². The van der Waals surface area contributed by atoms with Gasteiger partial charge < -0.3 is 0 Å². The van der Waals surface area contributed by atoms with Crippen LogP contribution in [0.1, 0.15) is 37.6 Å². The predicted octanol–water partition coefficient (Wildman–Crippen LogP) is 1.84. The van der Waals surface area contributed by atoms with Crippen molar-refractivity contribution in [3.63, 3.8) is 0 Å². The smallest absolute Gasteiger partial charge is 0.0996 e. The molecule has 0 N–H and O–H groups in total. The molecule has 1 aromatic heterocycles. The molecule has 0 saturated heterocycles. The Labute approximate surface area is 84.5 Å². The van der Waals surface area contributed by atoms with Gasteiger partial charge in [0.1, 0.15) is 0 Å². The Hall–Kier alpha value is -1.37. The molecule has 0 aliphatic carbocycles. The Morgan fingerprint density at radius 1 is 1.43 bits per heavy atom. The molecule has 0 amide bonds. The molecular weight excluding hydrogens is 176 g/mol. The Morgan fingerprint density at radius 2 is 2.21 bits per heavy atom. The molecule has 1 heterocycles. The topological polar surface area (TPSA) is 54.5 Å². The lowest BCUT2D eigenvalue weighted by molar-refractivity contribution is 0.527. The third-order valence-corrected chi connectivity index (χ3v) is 2.30. The third kappa shape index (κ3) is 2.56. The van der Waals surface area contributed by atoms with Crippen LogP contribution in [0.2, 0.25) is 0 Å². The fourth-order valence-electron chi connectivity index (χ4n) is 1.36. The molecule has 0 aliphatic heterocycles. The first-order chi connectivity index (χ1) is 6.79. The van der Waals surface area contributed by atoms with E-state index in [2.05, 4.69) is 23.3 Å². The highest BCUT2D eigenvalue weighted by molar-refractivity contribution is 5.11. The van der Waals surface area contributed by atoms with Gasteiger partial charge in [0.15, 0.2) is 0 Å². The minimum atomic E-state index is 0.361. The van der Waals surface area contributed by atoms with Crippen molar-refractivity contribution < 1.29 is 0 Å². The summed E-state index contributed by atoms with van der Waals surface area (Å²) < 4.78 is 1.89. The molecule has 0 radical (unpaired) electrons. The van der Waals surface area contributed by atoms with Crippen molar-refractivity contribution in [1.82, 2.24) is 15.0 Å². The number of hydrogen-bond acceptors (Lipinski definition) is 3. The zero-order valence-corrected chi connectivity index (χ0v) is 8.82. The number of nitrogens with zero attached hydrogens (tertiary/aromatic N) is 4. The summed E-state index contributed by atoms with van der Waals surface area (Å²) in [6.07, 6.45) is 3.91. The SMILES string of the molecule is CCCCCn1nnc(CC#N)c1C. The molecule has 0 fully saturated rings. The summed E-state index contributed by atoms with van der Waals surface area (Å²) in [5.41, 5.74) is 1.84. The Bertz CT molecular complexity index is 321.